The second-order valence-electron chi connectivity index (χ2n) is 8.36. The van der Waals surface area contributed by atoms with E-state index in [4.69, 9.17) is 11.6 Å². The fraction of sp³-hybridized carbons (Fsp3) is 0.304. The number of amides is 1. The van der Waals surface area contributed by atoms with Crippen molar-refractivity contribution in [1.29, 1.82) is 0 Å². The topological polar surface area (TPSA) is 87.5 Å². The second-order valence-corrected chi connectivity index (χ2v) is 8.72. The first-order chi connectivity index (χ1) is 15.4. The lowest BCUT2D eigenvalue weighted by Crippen LogP contribution is -2.54. The van der Waals surface area contributed by atoms with E-state index in [1.807, 2.05) is 31.3 Å². The number of fused-ring (bicyclic) bond motifs is 2. The largest absolute Gasteiger partial charge is 0.367 e. The minimum Gasteiger partial charge on any atom is -0.367 e. The molecule has 3 aromatic heterocycles. The van der Waals surface area contributed by atoms with Gasteiger partial charge in [0.05, 0.1) is 22.6 Å². The smallest absolute Gasteiger partial charge is 0.258 e. The number of carbonyl (C=O) groups excluding carboxylic acids is 1. The normalized spacial score (nSPS) is 18.9. The number of nitrogens with one attached hydrogen (secondary N) is 2. The number of hydrogen-bond acceptors (Lipinski definition) is 6. The monoisotopic (exact) mass is 449 g/mol. The van der Waals surface area contributed by atoms with Crippen LogP contribution in [0, 0.1) is 6.92 Å². The molecule has 4 heterocycles. The van der Waals surface area contributed by atoms with Crippen LogP contribution in [-0.2, 0) is 0 Å². The fourth-order valence-corrected chi connectivity index (χ4v) is 4.68. The average molecular weight is 450 g/mol. The summed E-state index contributed by atoms with van der Waals surface area (Å²) >= 11 is 6.53. The predicted molar refractivity (Wildman–Crippen MR) is 127 cm³/mol. The van der Waals surface area contributed by atoms with Gasteiger partial charge in [0.1, 0.15) is 21.8 Å². The zero-order valence-electron chi connectivity index (χ0n) is 18.1. The van der Waals surface area contributed by atoms with Crippen molar-refractivity contribution in [3.63, 3.8) is 0 Å². The number of nitrogens with zero attached hydrogens (tertiary/aromatic N) is 5. The fourth-order valence-electron chi connectivity index (χ4n) is 4.44. The Morgan fingerprint density at radius 2 is 1.81 bits per heavy atom. The van der Waals surface area contributed by atoms with Crippen LogP contribution < -0.4 is 15.5 Å². The number of carbonyl (C=O) groups is 1. The van der Waals surface area contributed by atoms with Crippen molar-refractivity contribution in [2.45, 2.75) is 32.9 Å². The first-order valence-electron chi connectivity index (χ1n) is 10.6. The van der Waals surface area contributed by atoms with Crippen LogP contribution in [-0.4, -0.2) is 50.4 Å². The summed E-state index contributed by atoms with van der Waals surface area (Å²) in [5.41, 5.74) is 4.80. The molecule has 1 aliphatic heterocycles. The van der Waals surface area contributed by atoms with Gasteiger partial charge in [0.2, 0.25) is 0 Å². The molecule has 8 nitrogen and oxygen atoms in total. The molecule has 0 bridgehead atoms. The highest BCUT2D eigenvalue weighted by atomic mass is 35.5. The van der Waals surface area contributed by atoms with Gasteiger partial charge in [0.15, 0.2) is 0 Å². The number of imidazole rings is 1. The van der Waals surface area contributed by atoms with E-state index in [2.05, 4.69) is 44.3 Å². The van der Waals surface area contributed by atoms with E-state index < -0.39 is 0 Å². The number of aryl methyl sites for hydroxylation is 1. The highest BCUT2D eigenvalue weighted by molar-refractivity contribution is 6.33. The van der Waals surface area contributed by atoms with E-state index in [0.717, 1.165) is 30.1 Å². The minimum absolute atomic E-state index is 0.290. The van der Waals surface area contributed by atoms with Crippen LogP contribution in [0.5, 0.6) is 0 Å². The highest BCUT2D eigenvalue weighted by Gasteiger charge is 2.24. The molecule has 0 aliphatic carbocycles. The average Bonchev–Trinajstić information content (AvgIpc) is 3.15. The standard InChI is InChI=1S/C23H24ClN7O/c1-13-10-30(11-14(2)27-13)18-6-4-16(20-21(18)26-9-8-25-20)23(32)29-17-5-7-19-28-15(3)12-31(19)22(17)24/h4-9,12-14,27H,10-11H2,1-3H3,(H,29,32)/t13-,14+. The first-order valence-corrected chi connectivity index (χ1v) is 11.0. The number of piperazine rings is 1. The maximum atomic E-state index is 13.2. The Bertz CT molecular complexity index is 1320. The Kier molecular flexibility index (Phi) is 5.19. The summed E-state index contributed by atoms with van der Waals surface area (Å²) in [5, 5.41) is 6.86. The Hall–Kier alpha value is -3.23. The van der Waals surface area contributed by atoms with E-state index in [1.54, 1.807) is 22.9 Å². The molecule has 2 N–H and O–H groups in total. The summed E-state index contributed by atoms with van der Waals surface area (Å²) in [7, 11) is 0. The summed E-state index contributed by atoms with van der Waals surface area (Å²) < 4.78 is 1.75. The first kappa shape index (κ1) is 20.7. The predicted octanol–water partition coefficient (Wildman–Crippen LogP) is 3.68. The minimum atomic E-state index is -0.290. The number of aromatic nitrogens is 4. The van der Waals surface area contributed by atoms with E-state index in [9.17, 15) is 4.79 Å². The molecule has 1 saturated heterocycles. The SMILES string of the molecule is Cc1cn2c(Cl)c(NC(=O)c3ccc(N4C[C@@H](C)N[C@@H](C)C4)c4nccnc34)ccc2n1. The number of rotatable bonds is 3. The zero-order chi connectivity index (χ0) is 22.4. The molecule has 0 saturated carbocycles. The van der Waals surface area contributed by atoms with Crippen LogP contribution in [0.25, 0.3) is 16.7 Å². The van der Waals surface area contributed by atoms with Crippen LogP contribution in [0.15, 0.2) is 42.9 Å². The molecule has 2 atom stereocenters. The summed E-state index contributed by atoms with van der Waals surface area (Å²) in [6.07, 6.45) is 5.10. The molecule has 164 valence electrons. The van der Waals surface area contributed by atoms with Gasteiger partial charge in [0.25, 0.3) is 5.91 Å². The van der Waals surface area contributed by atoms with Gasteiger partial charge in [-0.25, -0.2) is 4.98 Å². The molecule has 1 aliphatic rings. The lowest BCUT2D eigenvalue weighted by Gasteiger charge is -2.38. The summed E-state index contributed by atoms with van der Waals surface area (Å²) in [6.45, 7) is 7.96. The number of pyridine rings is 1. The molecule has 1 aromatic carbocycles. The van der Waals surface area contributed by atoms with Crippen molar-refractivity contribution in [2.75, 3.05) is 23.3 Å². The van der Waals surface area contributed by atoms with E-state index in [-0.39, 0.29) is 5.91 Å². The van der Waals surface area contributed by atoms with Gasteiger partial charge in [-0.15, -0.1) is 0 Å². The van der Waals surface area contributed by atoms with Gasteiger partial charge >= 0.3 is 0 Å². The van der Waals surface area contributed by atoms with Crippen molar-refractivity contribution in [3.8, 4) is 0 Å². The highest BCUT2D eigenvalue weighted by Crippen LogP contribution is 2.30. The quantitative estimate of drug-likeness (QED) is 0.464. The lowest BCUT2D eigenvalue weighted by atomic mass is 10.1. The maximum absolute atomic E-state index is 13.2. The Morgan fingerprint density at radius 1 is 1.09 bits per heavy atom. The van der Waals surface area contributed by atoms with Gasteiger partial charge in [0, 0.05) is 43.8 Å². The van der Waals surface area contributed by atoms with Crippen molar-refractivity contribution in [3.05, 3.63) is 59.3 Å². The molecular formula is C23H24ClN7O. The van der Waals surface area contributed by atoms with Crippen LogP contribution in [0.4, 0.5) is 11.4 Å². The van der Waals surface area contributed by atoms with Crippen LogP contribution >= 0.6 is 11.6 Å². The molecule has 4 aromatic rings. The molecular weight excluding hydrogens is 426 g/mol. The number of hydrogen-bond donors (Lipinski definition) is 2. The number of benzene rings is 1. The summed E-state index contributed by atoms with van der Waals surface area (Å²) in [5.74, 6) is -0.290. The lowest BCUT2D eigenvalue weighted by molar-refractivity contribution is 0.102. The van der Waals surface area contributed by atoms with Crippen LogP contribution in [0.1, 0.15) is 29.9 Å². The molecule has 1 fully saturated rings. The summed E-state index contributed by atoms with van der Waals surface area (Å²) in [6, 6.07) is 8.07. The molecule has 1 amide bonds. The molecule has 9 heteroatoms. The maximum Gasteiger partial charge on any atom is 0.258 e. The van der Waals surface area contributed by atoms with Gasteiger partial charge in [-0.05, 0) is 45.0 Å². The van der Waals surface area contributed by atoms with Crippen molar-refractivity contribution < 1.29 is 4.79 Å². The number of anilines is 2. The van der Waals surface area contributed by atoms with Gasteiger partial charge in [-0.2, -0.15) is 0 Å². The van der Waals surface area contributed by atoms with E-state index >= 15 is 0 Å². The molecule has 5 rings (SSSR count). The summed E-state index contributed by atoms with van der Waals surface area (Å²) in [4.78, 5) is 29.0. The van der Waals surface area contributed by atoms with Gasteiger partial charge < -0.3 is 15.5 Å². The third-order valence-corrected chi connectivity index (χ3v) is 6.07. The van der Waals surface area contributed by atoms with E-state index in [1.165, 1.54) is 0 Å². The Morgan fingerprint density at radius 3 is 2.56 bits per heavy atom. The zero-order valence-corrected chi connectivity index (χ0v) is 18.9. The molecule has 0 unspecified atom stereocenters. The van der Waals surface area contributed by atoms with Gasteiger partial charge in [-0.3, -0.25) is 19.2 Å². The van der Waals surface area contributed by atoms with Crippen molar-refractivity contribution in [1.82, 2.24) is 24.7 Å². The third-order valence-electron chi connectivity index (χ3n) is 5.68. The van der Waals surface area contributed by atoms with Crippen LogP contribution in [0.2, 0.25) is 5.15 Å². The number of halogens is 1. The molecule has 0 radical (unpaired) electrons. The third kappa shape index (κ3) is 3.65. The van der Waals surface area contributed by atoms with E-state index in [0.29, 0.717) is 39.5 Å². The van der Waals surface area contributed by atoms with Gasteiger partial charge in [-0.1, -0.05) is 11.6 Å². The van der Waals surface area contributed by atoms with Crippen molar-refractivity contribution in [2.24, 2.45) is 0 Å². The molecule has 0 spiro atoms. The Labute approximate surface area is 190 Å². The Balaban J connectivity index is 1.51. The van der Waals surface area contributed by atoms with Crippen LogP contribution in [0.3, 0.4) is 0 Å². The van der Waals surface area contributed by atoms with Crippen molar-refractivity contribution >= 4 is 45.6 Å². The molecule has 32 heavy (non-hydrogen) atoms. The second kappa shape index (κ2) is 8.03.